The van der Waals surface area contributed by atoms with E-state index in [4.69, 9.17) is 4.74 Å². The van der Waals surface area contributed by atoms with Gasteiger partial charge in [0.05, 0.1) is 4.92 Å². The maximum Gasteiger partial charge on any atom is 0.290 e. The second-order valence-corrected chi connectivity index (χ2v) is 5.87. The number of anilines is 1. The number of carbonyl (C=O) groups excluding carboxylic acids is 1. The molecule has 0 aliphatic rings. The molecule has 27 heavy (non-hydrogen) atoms. The molecule has 0 spiro atoms. The van der Waals surface area contributed by atoms with Gasteiger partial charge in [-0.3, -0.25) is 14.9 Å². The topological polar surface area (TPSA) is 94.4 Å². The molecule has 0 bridgehead atoms. The summed E-state index contributed by atoms with van der Waals surface area (Å²) in [4.78, 5) is 26.5. The van der Waals surface area contributed by atoms with E-state index in [0.29, 0.717) is 23.5 Å². The van der Waals surface area contributed by atoms with Crippen molar-refractivity contribution >= 4 is 17.4 Å². The standard InChI is InChI=1S/C20H17N3O4/c1-14-11-19(21-12-18(14)23(25)26)22-20(24)16-7-9-17(10-8-16)27-13-15-5-3-2-4-6-15/h2-12H,13H2,1H3,(H,21,22,24). The van der Waals surface area contributed by atoms with Crippen molar-refractivity contribution in [1.29, 1.82) is 0 Å². The fraction of sp³-hybridized carbons (Fsp3) is 0.100. The molecule has 0 aliphatic heterocycles. The molecule has 3 rings (SSSR count). The largest absolute Gasteiger partial charge is 0.489 e. The molecule has 0 radical (unpaired) electrons. The number of hydrogen-bond donors (Lipinski definition) is 1. The number of benzene rings is 2. The molecule has 0 fully saturated rings. The van der Waals surface area contributed by atoms with Crippen LogP contribution in [0.15, 0.2) is 66.9 Å². The van der Waals surface area contributed by atoms with E-state index in [1.54, 1.807) is 31.2 Å². The van der Waals surface area contributed by atoms with Crippen LogP contribution in [0, 0.1) is 17.0 Å². The summed E-state index contributed by atoms with van der Waals surface area (Å²) in [6.45, 7) is 2.03. The third kappa shape index (κ3) is 4.66. The number of nitro groups is 1. The Hall–Kier alpha value is -3.74. The number of rotatable bonds is 6. The highest BCUT2D eigenvalue weighted by atomic mass is 16.6. The molecule has 1 heterocycles. The minimum Gasteiger partial charge on any atom is -0.489 e. The first-order valence-corrected chi connectivity index (χ1v) is 8.22. The van der Waals surface area contributed by atoms with E-state index < -0.39 is 4.92 Å². The first kappa shape index (κ1) is 18.1. The van der Waals surface area contributed by atoms with Crippen molar-refractivity contribution in [3.05, 3.63) is 93.7 Å². The zero-order valence-corrected chi connectivity index (χ0v) is 14.6. The van der Waals surface area contributed by atoms with Crippen molar-refractivity contribution in [3.8, 4) is 5.75 Å². The number of amides is 1. The Morgan fingerprint density at radius 1 is 1.15 bits per heavy atom. The van der Waals surface area contributed by atoms with Crippen molar-refractivity contribution in [2.24, 2.45) is 0 Å². The van der Waals surface area contributed by atoms with Gasteiger partial charge in [-0.15, -0.1) is 0 Å². The highest BCUT2D eigenvalue weighted by molar-refractivity contribution is 6.03. The smallest absolute Gasteiger partial charge is 0.290 e. The lowest BCUT2D eigenvalue weighted by atomic mass is 10.2. The molecular formula is C20H17N3O4. The number of aromatic nitrogens is 1. The van der Waals surface area contributed by atoms with Crippen molar-refractivity contribution in [2.45, 2.75) is 13.5 Å². The van der Waals surface area contributed by atoms with Crippen molar-refractivity contribution < 1.29 is 14.5 Å². The normalized spacial score (nSPS) is 10.3. The van der Waals surface area contributed by atoms with Crippen LogP contribution in [0.2, 0.25) is 0 Å². The van der Waals surface area contributed by atoms with Crippen molar-refractivity contribution in [2.75, 3.05) is 5.32 Å². The maximum absolute atomic E-state index is 12.3. The summed E-state index contributed by atoms with van der Waals surface area (Å²) in [5.74, 6) is 0.553. The van der Waals surface area contributed by atoms with Gasteiger partial charge in [-0.2, -0.15) is 0 Å². The summed E-state index contributed by atoms with van der Waals surface area (Å²) in [5.41, 5.74) is 1.82. The van der Waals surface area contributed by atoms with E-state index in [9.17, 15) is 14.9 Å². The molecule has 136 valence electrons. The molecule has 2 aromatic carbocycles. The molecule has 3 aromatic rings. The lowest BCUT2D eigenvalue weighted by Crippen LogP contribution is -2.13. The SMILES string of the molecule is Cc1cc(NC(=O)c2ccc(OCc3ccccc3)cc2)ncc1[N+](=O)[O-]. The molecular weight excluding hydrogens is 346 g/mol. The van der Waals surface area contributed by atoms with Crippen LogP contribution in [0.3, 0.4) is 0 Å². The van der Waals surface area contributed by atoms with E-state index >= 15 is 0 Å². The molecule has 1 N–H and O–H groups in total. The van der Waals surface area contributed by atoms with Gasteiger partial charge in [0, 0.05) is 11.1 Å². The Balaban J connectivity index is 1.62. The van der Waals surface area contributed by atoms with Gasteiger partial charge in [0.1, 0.15) is 24.4 Å². The van der Waals surface area contributed by atoms with Gasteiger partial charge in [-0.25, -0.2) is 4.98 Å². The van der Waals surface area contributed by atoms with Gasteiger partial charge in [0.25, 0.3) is 11.6 Å². The van der Waals surface area contributed by atoms with Crippen LogP contribution < -0.4 is 10.1 Å². The third-order valence-corrected chi connectivity index (χ3v) is 3.89. The fourth-order valence-electron chi connectivity index (χ4n) is 2.44. The zero-order valence-electron chi connectivity index (χ0n) is 14.6. The van der Waals surface area contributed by atoms with E-state index in [0.717, 1.165) is 11.8 Å². The van der Waals surface area contributed by atoms with E-state index in [-0.39, 0.29) is 17.4 Å². The van der Waals surface area contributed by atoms with Gasteiger partial charge in [-0.1, -0.05) is 30.3 Å². The Morgan fingerprint density at radius 2 is 1.85 bits per heavy atom. The molecule has 1 amide bonds. The van der Waals surface area contributed by atoms with Gasteiger partial charge in [0.15, 0.2) is 0 Å². The summed E-state index contributed by atoms with van der Waals surface area (Å²) < 4.78 is 5.69. The van der Waals surface area contributed by atoms with Crippen LogP contribution in [0.25, 0.3) is 0 Å². The summed E-state index contributed by atoms with van der Waals surface area (Å²) >= 11 is 0. The second-order valence-electron chi connectivity index (χ2n) is 5.87. The lowest BCUT2D eigenvalue weighted by molar-refractivity contribution is -0.385. The highest BCUT2D eigenvalue weighted by Crippen LogP contribution is 2.20. The predicted octanol–water partition coefficient (Wildman–Crippen LogP) is 4.13. The van der Waals surface area contributed by atoms with Gasteiger partial charge in [0.2, 0.25) is 0 Å². The van der Waals surface area contributed by atoms with E-state index in [1.807, 2.05) is 30.3 Å². The molecule has 0 saturated heterocycles. The van der Waals surface area contributed by atoms with Gasteiger partial charge >= 0.3 is 0 Å². The summed E-state index contributed by atoms with van der Waals surface area (Å²) in [5, 5.41) is 13.4. The number of ether oxygens (including phenoxy) is 1. The Morgan fingerprint density at radius 3 is 2.48 bits per heavy atom. The average molecular weight is 363 g/mol. The third-order valence-electron chi connectivity index (χ3n) is 3.89. The maximum atomic E-state index is 12.3. The van der Waals surface area contributed by atoms with E-state index in [2.05, 4.69) is 10.3 Å². The molecule has 7 nitrogen and oxygen atoms in total. The van der Waals surface area contributed by atoms with Crippen LogP contribution in [-0.2, 0) is 6.61 Å². The number of nitrogens with zero attached hydrogens (tertiary/aromatic N) is 2. The van der Waals surface area contributed by atoms with Crippen LogP contribution in [-0.4, -0.2) is 15.8 Å². The first-order valence-electron chi connectivity index (χ1n) is 8.22. The lowest BCUT2D eigenvalue weighted by Gasteiger charge is -2.08. The number of carbonyl (C=O) groups is 1. The van der Waals surface area contributed by atoms with E-state index in [1.165, 1.54) is 6.07 Å². The van der Waals surface area contributed by atoms with Crippen LogP contribution >= 0.6 is 0 Å². The quantitative estimate of drug-likeness (QED) is 0.525. The van der Waals surface area contributed by atoms with Crippen molar-refractivity contribution in [3.63, 3.8) is 0 Å². The Labute approximate surface area is 155 Å². The molecule has 7 heteroatoms. The van der Waals surface area contributed by atoms with Crippen LogP contribution in [0.4, 0.5) is 11.5 Å². The number of aryl methyl sites for hydroxylation is 1. The first-order chi connectivity index (χ1) is 13.0. The average Bonchev–Trinajstić information content (AvgIpc) is 2.67. The number of nitrogens with one attached hydrogen (secondary N) is 1. The second kappa shape index (κ2) is 8.09. The minimum absolute atomic E-state index is 0.0899. The van der Waals surface area contributed by atoms with Crippen LogP contribution in [0.1, 0.15) is 21.5 Å². The molecule has 0 saturated carbocycles. The molecule has 0 atom stereocenters. The monoisotopic (exact) mass is 363 g/mol. The number of hydrogen-bond acceptors (Lipinski definition) is 5. The van der Waals surface area contributed by atoms with Crippen molar-refractivity contribution in [1.82, 2.24) is 4.98 Å². The molecule has 0 unspecified atom stereocenters. The minimum atomic E-state index is -0.512. The summed E-state index contributed by atoms with van der Waals surface area (Å²) in [6, 6.07) is 18.0. The van der Waals surface area contributed by atoms with Gasteiger partial charge < -0.3 is 10.1 Å². The fourth-order valence-corrected chi connectivity index (χ4v) is 2.44. The Kier molecular flexibility index (Phi) is 5.41. The summed E-state index contributed by atoms with van der Waals surface area (Å²) in [7, 11) is 0. The zero-order chi connectivity index (χ0) is 19.2. The predicted molar refractivity (Wildman–Crippen MR) is 101 cm³/mol. The molecule has 0 aliphatic carbocycles. The van der Waals surface area contributed by atoms with Gasteiger partial charge in [-0.05, 0) is 42.8 Å². The van der Waals surface area contributed by atoms with Crippen LogP contribution in [0.5, 0.6) is 5.75 Å². The summed E-state index contributed by atoms with van der Waals surface area (Å²) in [6.07, 6.45) is 1.13. The number of pyridine rings is 1. The highest BCUT2D eigenvalue weighted by Gasteiger charge is 2.13. The molecule has 1 aromatic heterocycles. The Bertz CT molecular complexity index is 957.